The summed E-state index contributed by atoms with van der Waals surface area (Å²) in [6, 6.07) is 11.4. The van der Waals surface area contributed by atoms with Gasteiger partial charge in [-0.1, -0.05) is 30.3 Å². The number of benzene rings is 1. The van der Waals surface area contributed by atoms with E-state index in [2.05, 4.69) is 30.3 Å². The number of rotatable bonds is 1. The minimum absolute atomic E-state index is 0.612. The molecule has 0 saturated heterocycles. The molecule has 1 aromatic carbocycles. The molecule has 5 aliphatic rings. The van der Waals surface area contributed by atoms with Crippen molar-refractivity contribution in [2.75, 3.05) is 0 Å². The van der Waals surface area contributed by atoms with Crippen molar-refractivity contribution in [3.8, 4) is 0 Å². The molecule has 0 N–H and O–H groups in total. The number of hydrogen-bond acceptors (Lipinski definition) is 0. The molecule has 1 aromatic rings. The third-order valence-electron chi connectivity index (χ3n) is 6.45. The lowest BCUT2D eigenvalue weighted by molar-refractivity contribution is 0.158. The van der Waals surface area contributed by atoms with Crippen molar-refractivity contribution in [2.45, 2.75) is 43.9 Å². The molecule has 0 radical (unpaired) electrons. The van der Waals surface area contributed by atoms with Crippen molar-refractivity contribution in [3.05, 3.63) is 35.9 Å². The summed E-state index contributed by atoms with van der Waals surface area (Å²) in [7, 11) is 0. The standard InChI is InChI=1S/C16H18/c1-2-4-13(5-3-1)14-6-12-7-15(9-14)11-16(15,8-12)10-14/h1-5,12H,6-11H2/t12?,14?,15-,16+. The van der Waals surface area contributed by atoms with Gasteiger partial charge in [-0.25, -0.2) is 0 Å². The first-order chi connectivity index (χ1) is 7.76. The molecule has 4 atom stereocenters. The van der Waals surface area contributed by atoms with Crippen LogP contribution in [-0.4, -0.2) is 0 Å². The van der Waals surface area contributed by atoms with E-state index >= 15 is 0 Å². The van der Waals surface area contributed by atoms with Gasteiger partial charge in [-0.2, -0.15) is 0 Å². The van der Waals surface area contributed by atoms with Crippen LogP contribution >= 0.6 is 0 Å². The van der Waals surface area contributed by atoms with Gasteiger partial charge in [-0.3, -0.25) is 0 Å². The summed E-state index contributed by atoms with van der Waals surface area (Å²) in [6.45, 7) is 0. The van der Waals surface area contributed by atoms with Crippen LogP contribution in [0.1, 0.15) is 44.1 Å². The quantitative estimate of drug-likeness (QED) is 0.659. The fourth-order valence-electron chi connectivity index (χ4n) is 6.32. The van der Waals surface area contributed by atoms with Crippen LogP contribution in [-0.2, 0) is 5.41 Å². The average molecular weight is 210 g/mol. The van der Waals surface area contributed by atoms with Crippen molar-refractivity contribution < 1.29 is 0 Å². The molecule has 2 spiro atoms. The third kappa shape index (κ3) is 0.697. The predicted molar refractivity (Wildman–Crippen MR) is 64.2 cm³/mol. The monoisotopic (exact) mass is 210 g/mol. The summed E-state index contributed by atoms with van der Waals surface area (Å²) in [4.78, 5) is 0. The van der Waals surface area contributed by atoms with Crippen LogP contribution in [0.15, 0.2) is 30.3 Å². The van der Waals surface area contributed by atoms with Gasteiger partial charge in [0.05, 0.1) is 0 Å². The SMILES string of the molecule is c1ccc(C23CC4C[C@]5(C2)C[C@@]5(C4)C3)cc1. The van der Waals surface area contributed by atoms with Crippen LogP contribution < -0.4 is 0 Å². The van der Waals surface area contributed by atoms with Crippen LogP contribution in [0, 0.1) is 16.7 Å². The summed E-state index contributed by atoms with van der Waals surface area (Å²) < 4.78 is 0. The average Bonchev–Trinajstić information content (AvgIpc) is 2.67. The van der Waals surface area contributed by atoms with E-state index in [1.807, 2.05) is 0 Å². The second kappa shape index (κ2) is 2.12. The highest BCUT2D eigenvalue weighted by molar-refractivity contribution is 5.40. The van der Waals surface area contributed by atoms with Crippen molar-refractivity contribution in [2.24, 2.45) is 16.7 Å². The van der Waals surface area contributed by atoms with Crippen LogP contribution in [0.4, 0.5) is 0 Å². The van der Waals surface area contributed by atoms with E-state index in [0.717, 1.165) is 16.7 Å². The number of hydrogen-bond donors (Lipinski definition) is 0. The molecule has 0 amide bonds. The normalized spacial score (nSPS) is 55.4. The molecule has 6 rings (SSSR count). The Morgan fingerprint density at radius 2 is 1.50 bits per heavy atom. The molecule has 5 fully saturated rings. The molecule has 0 aromatic heterocycles. The molecular formula is C16H18. The van der Waals surface area contributed by atoms with Crippen LogP contribution in [0.25, 0.3) is 0 Å². The van der Waals surface area contributed by atoms with E-state index in [1.54, 1.807) is 24.8 Å². The fraction of sp³-hybridized carbons (Fsp3) is 0.625. The lowest BCUT2D eigenvalue weighted by Crippen LogP contribution is -2.36. The summed E-state index contributed by atoms with van der Waals surface area (Å²) in [6.07, 6.45) is 9.32. The molecule has 0 heterocycles. The molecule has 0 heteroatoms. The summed E-state index contributed by atoms with van der Waals surface area (Å²) in [5, 5.41) is 0. The Morgan fingerprint density at radius 3 is 2.12 bits per heavy atom. The predicted octanol–water partition coefficient (Wildman–Crippen LogP) is 3.91. The highest BCUT2D eigenvalue weighted by atomic mass is 14.9. The van der Waals surface area contributed by atoms with Crippen molar-refractivity contribution in [1.82, 2.24) is 0 Å². The van der Waals surface area contributed by atoms with E-state index < -0.39 is 0 Å². The maximum absolute atomic E-state index is 2.39. The second-order valence-electron chi connectivity index (χ2n) is 7.22. The molecule has 5 saturated carbocycles. The zero-order valence-electron chi connectivity index (χ0n) is 9.71. The summed E-state index contributed by atoms with van der Waals surface area (Å²) in [5.41, 5.74) is 3.95. The highest BCUT2D eigenvalue weighted by Crippen LogP contribution is 2.89. The molecule has 5 aliphatic carbocycles. The summed E-state index contributed by atoms with van der Waals surface area (Å²) >= 11 is 0. The van der Waals surface area contributed by atoms with E-state index in [-0.39, 0.29) is 0 Å². The fourth-order valence-corrected chi connectivity index (χ4v) is 6.32. The van der Waals surface area contributed by atoms with Crippen LogP contribution in [0.3, 0.4) is 0 Å². The van der Waals surface area contributed by atoms with Crippen LogP contribution in [0.5, 0.6) is 0 Å². The van der Waals surface area contributed by atoms with Gasteiger partial charge in [0.1, 0.15) is 0 Å². The Hall–Kier alpha value is -0.780. The maximum Gasteiger partial charge on any atom is -0.00334 e. The van der Waals surface area contributed by atoms with Gasteiger partial charge in [-0.05, 0) is 66.3 Å². The zero-order chi connectivity index (χ0) is 10.4. The third-order valence-corrected chi connectivity index (χ3v) is 6.45. The molecule has 4 bridgehead atoms. The second-order valence-corrected chi connectivity index (χ2v) is 7.22. The van der Waals surface area contributed by atoms with E-state index in [1.165, 1.54) is 19.3 Å². The topological polar surface area (TPSA) is 0 Å². The van der Waals surface area contributed by atoms with E-state index in [4.69, 9.17) is 0 Å². The smallest absolute Gasteiger partial charge is 0.00334 e. The first-order valence-corrected chi connectivity index (χ1v) is 6.82. The Kier molecular flexibility index (Phi) is 1.11. The molecule has 2 unspecified atom stereocenters. The van der Waals surface area contributed by atoms with Gasteiger partial charge in [-0.15, -0.1) is 0 Å². The van der Waals surface area contributed by atoms with Gasteiger partial charge in [0, 0.05) is 0 Å². The van der Waals surface area contributed by atoms with E-state index in [9.17, 15) is 0 Å². The Labute approximate surface area is 97.1 Å². The Morgan fingerprint density at radius 1 is 0.812 bits per heavy atom. The van der Waals surface area contributed by atoms with Crippen molar-refractivity contribution in [1.29, 1.82) is 0 Å². The molecule has 0 nitrogen and oxygen atoms in total. The van der Waals surface area contributed by atoms with Crippen LogP contribution in [0.2, 0.25) is 0 Å². The van der Waals surface area contributed by atoms with Crippen molar-refractivity contribution >= 4 is 0 Å². The zero-order valence-corrected chi connectivity index (χ0v) is 9.71. The maximum atomic E-state index is 2.39. The highest BCUT2D eigenvalue weighted by Gasteiger charge is 2.81. The van der Waals surface area contributed by atoms with Gasteiger partial charge < -0.3 is 0 Å². The van der Waals surface area contributed by atoms with Gasteiger partial charge in [0.15, 0.2) is 0 Å². The van der Waals surface area contributed by atoms with E-state index in [0.29, 0.717) is 5.41 Å². The lowest BCUT2D eigenvalue weighted by Gasteiger charge is -2.43. The molecular weight excluding hydrogens is 192 g/mol. The minimum atomic E-state index is 0.612. The largest absolute Gasteiger partial charge is 0.0622 e. The summed E-state index contributed by atoms with van der Waals surface area (Å²) in [5.74, 6) is 1.08. The molecule has 82 valence electrons. The van der Waals surface area contributed by atoms with Gasteiger partial charge in [0.25, 0.3) is 0 Å². The van der Waals surface area contributed by atoms with Crippen molar-refractivity contribution in [3.63, 3.8) is 0 Å². The molecule has 16 heavy (non-hydrogen) atoms. The Bertz CT molecular complexity index is 454. The first-order valence-electron chi connectivity index (χ1n) is 6.82. The van der Waals surface area contributed by atoms with Gasteiger partial charge >= 0.3 is 0 Å². The van der Waals surface area contributed by atoms with Gasteiger partial charge in [0.2, 0.25) is 0 Å². The minimum Gasteiger partial charge on any atom is -0.0622 e. The molecule has 0 aliphatic heterocycles. The lowest BCUT2D eigenvalue weighted by atomic mass is 9.61. The Balaban J connectivity index is 1.67. The first kappa shape index (κ1) is 8.33.